The lowest BCUT2D eigenvalue weighted by Crippen LogP contribution is -2.48. The molecule has 0 aliphatic carbocycles. The van der Waals surface area contributed by atoms with Crippen LogP contribution in [0.25, 0.3) is 11.1 Å². The van der Waals surface area contributed by atoms with Crippen molar-refractivity contribution in [3.05, 3.63) is 59.4 Å². The molecule has 7 nitrogen and oxygen atoms in total. The van der Waals surface area contributed by atoms with Crippen molar-refractivity contribution in [1.82, 2.24) is 9.80 Å². The SMILES string of the molecule is CCc1cccc(-c2c(F)cccc2C(O)(CCCOC(N)=O)C2CCCN(C(=O)CCCN(C)C)C2)c1. The largest absolute Gasteiger partial charge is 0.450 e. The van der Waals surface area contributed by atoms with E-state index in [1.807, 2.05) is 50.2 Å². The summed E-state index contributed by atoms with van der Waals surface area (Å²) in [4.78, 5) is 28.1. The third-order valence-electron chi connectivity index (χ3n) is 7.50. The number of benzene rings is 2. The molecule has 0 aromatic heterocycles. The van der Waals surface area contributed by atoms with Crippen molar-refractivity contribution in [2.75, 3.05) is 40.3 Å². The van der Waals surface area contributed by atoms with E-state index in [9.17, 15) is 14.7 Å². The van der Waals surface area contributed by atoms with E-state index in [1.165, 1.54) is 6.07 Å². The normalized spacial score (nSPS) is 17.3. The zero-order valence-corrected chi connectivity index (χ0v) is 22.9. The van der Waals surface area contributed by atoms with Gasteiger partial charge in [-0.15, -0.1) is 0 Å². The van der Waals surface area contributed by atoms with Crippen LogP contribution in [0.3, 0.4) is 0 Å². The molecule has 0 saturated carbocycles. The van der Waals surface area contributed by atoms with Gasteiger partial charge in [-0.25, -0.2) is 9.18 Å². The number of aryl methyl sites for hydroxylation is 1. The number of ether oxygens (including phenoxy) is 1. The molecule has 1 aliphatic rings. The van der Waals surface area contributed by atoms with Crippen LogP contribution in [0.15, 0.2) is 42.5 Å². The molecule has 8 heteroatoms. The van der Waals surface area contributed by atoms with E-state index in [1.54, 1.807) is 12.1 Å². The standard InChI is InChI=1S/C30H42FN3O4/c1-4-22-10-5-11-23(20-22)28-25(13-6-14-26(28)31)30(37,16-9-19-38-29(32)36)24-12-7-18-34(21-24)27(35)15-8-17-33(2)3/h5-6,10-11,13-14,20,24,37H,4,7-9,12,15-19,21H2,1-3H3,(H2,32,36). The van der Waals surface area contributed by atoms with Crippen molar-refractivity contribution >= 4 is 12.0 Å². The van der Waals surface area contributed by atoms with Gasteiger partial charge in [-0.2, -0.15) is 0 Å². The summed E-state index contributed by atoms with van der Waals surface area (Å²) in [6.07, 6.45) is 3.17. The van der Waals surface area contributed by atoms with Crippen LogP contribution in [0.1, 0.15) is 56.6 Å². The van der Waals surface area contributed by atoms with Crippen molar-refractivity contribution in [3.63, 3.8) is 0 Å². The molecule has 2 atom stereocenters. The first-order chi connectivity index (χ1) is 18.2. The maximum Gasteiger partial charge on any atom is 0.404 e. The van der Waals surface area contributed by atoms with E-state index in [-0.39, 0.29) is 24.9 Å². The van der Waals surface area contributed by atoms with Gasteiger partial charge in [0.2, 0.25) is 5.91 Å². The molecule has 0 spiro atoms. The number of nitrogens with zero attached hydrogens (tertiary/aromatic N) is 2. The number of rotatable bonds is 12. The van der Waals surface area contributed by atoms with Gasteiger partial charge in [-0.1, -0.05) is 43.3 Å². The van der Waals surface area contributed by atoms with Crippen LogP contribution in [-0.4, -0.2) is 67.2 Å². The topological polar surface area (TPSA) is 96.1 Å². The van der Waals surface area contributed by atoms with E-state index in [2.05, 4.69) is 4.90 Å². The fraction of sp³-hybridized carbons (Fsp3) is 0.533. The number of hydrogen-bond acceptors (Lipinski definition) is 5. The number of carbonyl (C=O) groups excluding carboxylic acids is 2. The molecule has 3 rings (SSSR count). The number of aliphatic hydroxyl groups is 1. The maximum absolute atomic E-state index is 15.5. The molecule has 1 saturated heterocycles. The van der Waals surface area contributed by atoms with E-state index >= 15 is 4.39 Å². The minimum atomic E-state index is -1.44. The van der Waals surface area contributed by atoms with E-state index in [4.69, 9.17) is 10.5 Å². The summed E-state index contributed by atoms with van der Waals surface area (Å²) >= 11 is 0. The van der Waals surface area contributed by atoms with Crippen molar-refractivity contribution < 1.29 is 23.8 Å². The van der Waals surface area contributed by atoms with Gasteiger partial charge in [-0.3, -0.25) is 4.79 Å². The highest BCUT2D eigenvalue weighted by atomic mass is 19.1. The van der Waals surface area contributed by atoms with Crippen LogP contribution in [0.2, 0.25) is 0 Å². The lowest BCUT2D eigenvalue weighted by atomic mass is 9.72. The molecular weight excluding hydrogens is 485 g/mol. The fourth-order valence-corrected chi connectivity index (χ4v) is 5.50. The number of amides is 2. The first-order valence-corrected chi connectivity index (χ1v) is 13.6. The second kappa shape index (κ2) is 13.7. The van der Waals surface area contributed by atoms with Gasteiger partial charge in [0, 0.05) is 31.0 Å². The van der Waals surface area contributed by atoms with Gasteiger partial charge in [0.25, 0.3) is 0 Å². The van der Waals surface area contributed by atoms with Gasteiger partial charge in [0.05, 0.1) is 12.2 Å². The van der Waals surface area contributed by atoms with E-state index in [0.29, 0.717) is 49.0 Å². The minimum absolute atomic E-state index is 0.0491. The van der Waals surface area contributed by atoms with Gasteiger partial charge in [0.1, 0.15) is 5.82 Å². The molecule has 0 bridgehead atoms. The number of carbonyl (C=O) groups is 2. The van der Waals surface area contributed by atoms with E-state index in [0.717, 1.165) is 31.4 Å². The summed E-state index contributed by atoms with van der Waals surface area (Å²) in [7, 11) is 3.96. The molecule has 2 aromatic rings. The summed E-state index contributed by atoms with van der Waals surface area (Å²) in [6, 6.07) is 12.5. The first-order valence-electron chi connectivity index (χ1n) is 13.6. The molecule has 2 amide bonds. The molecule has 38 heavy (non-hydrogen) atoms. The summed E-state index contributed by atoms with van der Waals surface area (Å²) in [5.41, 5.74) is 6.34. The second-order valence-electron chi connectivity index (χ2n) is 10.5. The maximum atomic E-state index is 15.5. The Morgan fingerprint density at radius 3 is 2.68 bits per heavy atom. The number of piperidine rings is 1. The average molecular weight is 528 g/mol. The number of hydrogen-bond donors (Lipinski definition) is 2. The molecule has 208 valence electrons. The fourth-order valence-electron chi connectivity index (χ4n) is 5.50. The van der Waals surface area contributed by atoms with Gasteiger partial charge >= 0.3 is 6.09 Å². The molecule has 1 fully saturated rings. The van der Waals surface area contributed by atoms with Crippen molar-refractivity contribution in [2.45, 2.75) is 57.5 Å². The van der Waals surface area contributed by atoms with Crippen molar-refractivity contribution in [3.8, 4) is 11.1 Å². The molecule has 3 N–H and O–H groups in total. The Morgan fingerprint density at radius 2 is 1.97 bits per heavy atom. The Balaban J connectivity index is 1.97. The Hall–Kier alpha value is -2.97. The molecule has 2 unspecified atom stereocenters. The van der Waals surface area contributed by atoms with Gasteiger partial charge in [-0.05, 0) is 81.9 Å². The second-order valence-corrected chi connectivity index (χ2v) is 10.5. The quantitative estimate of drug-likeness (QED) is 0.390. The van der Waals surface area contributed by atoms with Crippen LogP contribution in [-0.2, 0) is 21.6 Å². The zero-order chi connectivity index (χ0) is 27.7. The highest BCUT2D eigenvalue weighted by Crippen LogP contribution is 2.44. The van der Waals surface area contributed by atoms with Gasteiger partial charge < -0.3 is 25.4 Å². The lowest BCUT2D eigenvalue weighted by molar-refractivity contribution is -0.137. The van der Waals surface area contributed by atoms with Crippen LogP contribution < -0.4 is 5.73 Å². The Bertz CT molecular complexity index is 1090. The minimum Gasteiger partial charge on any atom is -0.450 e. The summed E-state index contributed by atoms with van der Waals surface area (Å²) < 4.78 is 20.4. The average Bonchev–Trinajstić information content (AvgIpc) is 2.90. The highest BCUT2D eigenvalue weighted by molar-refractivity contribution is 5.76. The molecule has 1 heterocycles. The van der Waals surface area contributed by atoms with Crippen molar-refractivity contribution in [1.29, 1.82) is 0 Å². The molecule has 2 aromatic carbocycles. The molecule has 0 radical (unpaired) electrons. The Labute approximate surface area is 225 Å². The number of nitrogens with two attached hydrogens (primary N) is 1. The lowest BCUT2D eigenvalue weighted by Gasteiger charge is -2.43. The summed E-state index contributed by atoms with van der Waals surface area (Å²) in [6.45, 7) is 3.96. The Kier molecular flexibility index (Phi) is 10.7. The van der Waals surface area contributed by atoms with Crippen LogP contribution in [0.5, 0.6) is 0 Å². The van der Waals surface area contributed by atoms with Crippen LogP contribution in [0, 0.1) is 11.7 Å². The highest BCUT2D eigenvalue weighted by Gasteiger charge is 2.43. The van der Waals surface area contributed by atoms with Gasteiger partial charge in [0.15, 0.2) is 0 Å². The number of likely N-dealkylation sites (tertiary alicyclic amines) is 1. The third kappa shape index (κ3) is 7.54. The summed E-state index contributed by atoms with van der Waals surface area (Å²) in [5, 5.41) is 12.4. The zero-order valence-electron chi connectivity index (χ0n) is 22.9. The number of primary amides is 1. The smallest absolute Gasteiger partial charge is 0.404 e. The monoisotopic (exact) mass is 527 g/mol. The summed E-state index contributed by atoms with van der Waals surface area (Å²) in [5.74, 6) is -0.640. The molecular formula is C30H42FN3O4. The van der Waals surface area contributed by atoms with Crippen LogP contribution in [0.4, 0.5) is 9.18 Å². The predicted molar refractivity (Wildman–Crippen MR) is 147 cm³/mol. The van der Waals surface area contributed by atoms with Crippen molar-refractivity contribution in [2.24, 2.45) is 11.7 Å². The van der Waals surface area contributed by atoms with E-state index < -0.39 is 17.5 Å². The number of halogens is 1. The molecule has 1 aliphatic heterocycles. The third-order valence-corrected chi connectivity index (χ3v) is 7.50. The predicted octanol–water partition coefficient (Wildman–Crippen LogP) is 4.70. The van der Waals surface area contributed by atoms with Crippen LogP contribution >= 0.6 is 0 Å². The Morgan fingerprint density at radius 1 is 1.21 bits per heavy atom. The first kappa shape index (κ1) is 29.6.